The SMILES string of the molecule is O=Cc1nc(Cl)c(C(=O)NC2CN(C(=O)O)C2)n1C1CC=CC1. The number of aromatic nitrogens is 2. The van der Waals surface area contributed by atoms with Gasteiger partial charge in [0.15, 0.2) is 17.3 Å². The number of hydrogen-bond acceptors (Lipinski definition) is 4. The lowest BCUT2D eigenvalue weighted by molar-refractivity contribution is 0.0759. The van der Waals surface area contributed by atoms with E-state index < -0.39 is 12.0 Å². The minimum atomic E-state index is -1.01. The number of amides is 2. The minimum Gasteiger partial charge on any atom is -0.465 e. The topological polar surface area (TPSA) is 105 Å². The van der Waals surface area contributed by atoms with Crippen molar-refractivity contribution in [2.75, 3.05) is 13.1 Å². The first-order chi connectivity index (χ1) is 11.0. The standard InChI is InChI=1S/C14H15ClN4O4/c15-12-11(13(21)16-8-5-18(6-8)14(22)23)19(10(7-20)17-12)9-3-1-2-4-9/h1-2,7-9H,3-6H2,(H,16,21)(H,22,23). The largest absolute Gasteiger partial charge is 0.465 e. The van der Waals surface area contributed by atoms with Crippen LogP contribution in [0.3, 0.4) is 0 Å². The fraction of sp³-hybridized carbons (Fsp3) is 0.429. The number of nitrogens with zero attached hydrogens (tertiary/aromatic N) is 3. The Kier molecular flexibility index (Phi) is 4.08. The van der Waals surface area contributed by atoms with Crippen LogP contribution in [0, 0.1) is 0 Å². The van der Waals surface area contributed by atoms with E-state index in [0.717, 1.165) is 0 Å². The highest BCUT2D eigenvalue weighted by Crippen LogP contribution is 2.30. The summed E-state index contributed by atoms with van der Waals surface area (Å²) in [6, 6.07) is -0.327. The van der Waals surface area contributed by atoms with E-state index in [-0.39, 0.29) is 41.8 Å². The van der Waals surface area contributed by atoms with Gasteiger partial charge in [-0.1, -0.05) is 23.8 Å². The molecule has 2 N–H and O–H groups in total. The zero-order chi connectivity index (χ0) is 16.6. The second-order valence-corrected chi connectivity index (χ2v) is 5.91. The maximum atomic E-state index is 12.5. The number of allylic oxidation sites excluding steroid dienone is 2. The van der Waals surface area contributed by atoms with E-state index >= 15 is 0 Å². The molecule has 1 fully saturated rings. The molecule has 0 saturated carbocycles. The van der Waals surface area contributed by atoms with Crippen LogP contribution >= 0.6 is 11.6 Å². The smallest absolute Gasteiger partial charge is 0.407 e. The fourth-order valence-corrected chi connectivity index (χ4v) is 3.13. The van der Waals surface area contributed by atoms with Gasteiger partial charge in [-0.25, -0.2) is 9.78 Å². The summed E-state index contributed by atoms with van der Waals surface area (Å²) < 4.78 is 1.57. The molecule has 1 aromatic rings. The van der Waals surface area contributed by atoms with Crippen molar-refractivity contribution < 1.29 is 19.5 Å². The molecule has 1 aromatic heterocycles. The van der Waals surface area contributed by atoms with Gasteiger partial charge >= 0.3 is 6.09 Å². The summed E-state index contributed by atoms with van der Waals surface area (Å²) in [7, 11) is 0. The maximum absolute atomic E-state index is 12.5. The first-order valence-electron chi connectivity index (χ1n) is 7.18. The average Bonchev–Trinajstić information content (AvgIpc) is 3.08. The van der Waals surface area contributed by atoms with Gasteiger partial charge in [-0.3, -0.25) is 9.59 Å². The van der Waals surface area contributed by atoms with Crippen molar-refractivity contribution in [2.24, 2.45) is 0 Å². The van der Waals surface area contributed by atoms with Gasteiger partial charge < -0.3 is 19.9 Å². The molecular formula is C14H15ClN4O4. The van der Waals surface area contributed by atoms with Crippen molar-refractivity contribution in [3.63, 3.8) is 0 Å². The molecule has 0 spiro atoms. The third-order valence-corrected chi connectivity index (χ3v) is 4.32. The lowest BCUT2D eigenvalue weighted by atomic mass is 10.1. The number of rotatable bonds is 4. The second kappa shape index (κ2) is 6.04. The third kappa shape index (κ3) is 2.81. The van der Waals surface area contributed by atoms with Gasteiger partial charge in [0.2, 0.25) is 0 Å². The van der Waals surface area contributed by atoms with Gasteiger partial charge in [0.25, 0.3) is 5.91 Å². The summed E-state index contributed by atoms with van der Waals surface area (Å²) in [6.45, 7) is 0.469. The highest BCUT2D eigenvalue weighted by molar-refractivity contribution is 6.32. The molecule has 1 aliphatic carbocycles. The summed E-state index contributed by atoms with van der Waals surface area (Å²) in [6.07, 6.45) is 4.92. The Balaban J connectivity index is 1.79. The first-order valence-corrected chi connectivity index (χ1v) is 7.55. The Hall–Kier alpha value is -2.35. The number of aldehydes is 1. The van der Waals surface area contributed by atoms with E-state index in [2.05, 4.69) is 10.3 Å². The molecule has 122 valence electrons. The van der Waals surface area contributed by atoms with Crippen LogP contribution in [0.15, 0.2) is 12.2 Å². The van der Waals surface area contributed by atoms with Crippen molar-refractivity contribution in [1.29, 1.82) is 0 Å². The molecule has 8 nitrogen and oxygen atoms in total. The lowest BCUT2D eigenvalue weighted by Gasteiger charge is -2.37. The van der Waals surface area contributed by atoms with E-state index in [1.54, 1.807) is 4.57 Å². The Bertz CT molecular complexity index is 685. The molecule has 2 amide bonds. The van der Waals surface area contributed by atoms with Gasteiger partial charge in [-0.05, 0) is 12.8 Å². The van der Waals surface area contributed by atoms with Crippen LogP contribution in [0.2, 0.25) is 5.15 Å². The van der Waals surface area contributed by atoms with Crippen molar-refractivity contribution in [3.8, 4) is 0 Å². The van der Waals surface area contributed by atoms with Crippen LogP contribution in [0.25, 0.3) is 0 Å². The van der Waals surface area contributed by atoms with Crippen LogP contribution in [0.5, 0.6) is 0 Å². The summed E-state index contributed by atoms with van der Waals surface area (Å²) in [5.41, 5.74) is 0.149. The molecule has 1 aliphatic heterocycles. The van der Waals surface area contributed by atoms with Gasteiger partial charge in [0, 0.05) is 19.1 Å². The van der Waals surface area contributed by atoms with Crippen molar-refractivity contribution in [1.82, 2.24) is 19.8 Å². The number of nitrogens with one attached hydrogen (secondary N) is 1. The molecule has 2 heterocycles. The number of imidazole rings is 1. The molecule has 0 radical (unpaired) electrons. The highest BCUT2D eigenvalue weighted by Gasteiger charge is 2.34. The van der Waals surface area contributed by atoms with Gasteiger partial charge in [-0.15, -0.1) is 0 Å². The average molecular weight is 339 g/mol. The minimum absolute atomic E-state index is 0.0223. The Labute approximate surface area is 136 Å². The van der Waals surface area contributed by atoms with Gasteiger partial charge in [0.05, 0.1) is 6.04 Å². The Morgan fingerprint density at radius 2 is 2.00 bits per heavy atom. The molecule has 2 aliphatic rings. The van der Waals surface area contributed by atoms with Gasteiger partial charge in [0.1, 0.15) is 5.69 Å². The number of halogens is 1. The molecule has 0 unspecified atom stereocenters. The summed E-state index contributed by atoms with van der Waals surface area (Å²) in [4.78, 5) is 39.6. The predicted molar refractivity (Wildman–Crippen MR) is 80.9 cm³/mol. The maximum Gasteiger partial charge on any atom is 0.407 e. The van der Waals surface area contributed by atoms with E-state index in [1.165, 1.54) is 4.90 Å². The molecule has 0 aromatic carbocycles. The molecule has 23 heavy (non-hydrogen) atoms. The predicted octanol–water partition coefficient (Wildman–Crippen LogP) is 1.33. The zero-order valence-electron chi connectivity index (χ0n) is 12.1. The van der Waals surface area contributed by atoms with Crippen LogP contribution in [0.1, 0.15) is 40.0 Å². The third-order valence-electron chi connectivity index (χ3n) is 4.05. The van der Waals surface area contributed by atoms with E-state index in [0.29, 0.717) is 19.1 Å². The Morgan fingerprint density at radius 1 is 1.35 bits per heavy atom. The van der Waals surface area contributed by atoms with E-state index in [9.17, 15) is 14.4 Å². The van der Waals surface area contributed by atoms with Crippen LogP contribution in [-0.4, -0.2) is 57.0 Å². The molecule has 3 rings (SSSR count). The molecular weight excluding hydrogens is 324 g/mol. The summed E-state index contributed by atoms with van der Waals surface area (Å²) in [5.74, 6) is -0.327. The van der Waals surface area contributed by atoms with Crippen LogP contribution in [0.4, 0.5) is 4.79 Å². The van der Waals surface area contributed by atoms with Crippen LogP contribution < -0.4 is 5.32 Å². The lowest BCUT2D eigenvalue weighted by Crippen LogP contribution is -2.60. The zero-order valence-corrected chi connectivity index (χ0v) is 12.9. The van der Waals surface area contributed by atoms with E-state index in [4.69, 9.17) is 16.7 Å². The van der Waals surface area contributed by atoms with Crippen molar-refractivity contribution >= 4 is 29.9 Å². The second-order valence-electron chi connectivity index (χ2n) is 5.55. The molecule has 9 heteroatoms. The molecule has 0 atom stereocenters. The van der Waals surface area contributed by atoms with E-state index in [1.807, 2.05) is 12.2 Å². The van der Waals surface area contributed by atoms with Crippen LogP contribution in [-0.2, 0) is 0 Å². The number of hydrogen-bond donors (Lipinski definition) is 2. The number of carbonyl (C=O) groups excluding carboxylic acids is 2. The molecule has 0 bridgehead atoms. The fourth-order valence-electron chi connectivity index (χ4n) is 2.87. The summed E-state index contributed by atoms with van der Waals surface area (Å²) >= 11 is 6.05. The quantitative estimate of drug-likeness (QED) is 0.636. The highest BCUT2D eigenvalue weighted by atomic mass is 35.5. The number of likely N-dealkylation sites (tertiary alicyclic amines) is 1. The summed E-state index contributed by atoms with van der Waals surface area (Å²) in [5, 5.41) is 11.5. The number of carbonyl (C=O) groups is 3. The monoisotopic (exact) mass is 338 g/mol. The Morgan fingerprint density at radius 3 is 2.57 bits per heavy atom. The van der Waals surface area contributed by atoms with Crippen molar-refractivity contribution in [2.45, 2.75) is 24.9 Å². The normalized spacial score (nSPS) is 18.0. The van der Waals surface area contributed by atoms with Crippen molar-refractivity contribution in [3.05, 3.63) is 28.8 Å². The first kappa shape index (κ1) is 15.5. The molecule has 1 saturated heterocycles. The van der Waals surface area contributed by atoms with Gasteiger partial charge in [-0.2, -0.15) is 0 Å². The number of carboxylic acid groups (broad SMARTS) is 1.